The van der Waals surface area contributed by atoms with E-state index in [-0.39, 0.29) is 11.5 Å². The number of amides is 1. The third kappa shape index (κ3) is 3.67. The van der Waals surface area contributed by atoms with Crippen molar-refractivity contribution in [2.45, 2.75) is 6.54 Å². The van der Waals surface area contributed by atoms with Gasteiger partial charge in [-0.2, -0.15) is 0 Å². The van der Waals surface area contributed by atoms with E-state index in [1.165, 1.54) is 17.0 Å². The van der Waals surface area contributed by atoms with Crippen LogP contribution in [0.15, 0.2) is 51.4 Å². The summed E-state index contributed by atoms with van der Waals surface area (Å²) >= 11 is 6.56. The number of hydrogen-bond acceptors (Lipinski definition) is 1. The maximum atomic E-state index is 13.8. The van der Waals surface area contributed by atoms with Crippen molar-refractivity contribution in [1.82, 2.24) is 4.90 Å². The fourth-order valence-corrected chi connectivity index (χ4v) is 2.63. The van der Waals surface area contributed by atoms with Crippen molar-refractivity contribution in [3.8, 4) is 0 Å². The van der Waals surface area contributed by atoms with E-state index < -0.39 is 5.82 Å². The Bertz CT molecular complexity index is 646. The first kappa shape index (κ1) is 15.2. The normalized spacial score (nSPS) is 10.4. The molecule has 0 atom stereocenters. The molecule has 0 N–H and O–H groups in total. The Hall–Kier alpha value is -1.20. The van der Waals surface area contributed by atoms with Gasteiger partial charge < -0.3 is 4.90 Å². The molecule has 0 unspecified atom stereocenters. The summed E-state index contributed by atoms with van der Waals surface area (Å²) in [7, 11) is 1.66. The summed E-state index contributed by atoms with van der Waals surface area (Å²) in [6.07, 6.45) is 0. The van der Waals surface area contributed by atoms with E-state index in [9.17, 15) is 9.18 Å². The average molecular weight is 401 g/mol. The van der Waals surface area contributed by atoms with Crippen molar-refractivity contribution in [1.29, 1.82) is 0 Å². The molecule has 2 nitrogen and oxygen atoms in total. The van der Waals surface area contributed by atoms with Crippen LogP contribution in [0.3, 0.4) is 0 Å². The fourth-order valence-electron chi connectivity index (χ4n) is 1.85. The molecule has 0 saturated heterocycles. The zero-order valence-corrected chi connectivity index (χ0v) is 13.9. The van der Waals surface area contributed by atoms with E-state index in [0.29, 0.717) is 11.0 Å². The summed E-state index contributed by atoms with van der Waals surface area (Å²) in [6.45, 7) is 0.424. The third-order valence-corrected chi connectivity index (χ3v) is 3.80. The number of nitrogens with zero attached hydrogens (tertiary/aromatic N) is 1. The first-order valence-corrected chi connectivity index (χ1v) is 7.51. The van der Waals surface area contributed by atoms with Crippen molar-refractivity contribution >= 4 is 37.8 Å². The molecule has 0 heterocycles. The van der Waals surface area contributed by atoms with Gasteiger partial charge in [0.25, 0.3) is 5.91 Å². The molecule has 0 aliphatic heterocycles. The van der Waals surface area contributed by atoms with Crippen molar-refractivity contribution in [3.05, 3.63) is 68.4 Å². The number of carbonyl (C=O) groups is 1. The Balaban J connectivity index is 2.16. The van der Waals surface area contributed by atoms with E-state index in [1.54, 1.807) is 13.1 Å². The van der Waals surface area contributed by atoms with Crippen LogP contribution in [-0.4, -0.2) is 17.9 Å². The van der Waals surface area contributed by atoms with Crippen LogP contribution in [0, 0.1) is 5.82 Å². The van der Waals surface area contributed by atoms with E-state index in [2.05, 4.69) is 31.9 Å². The van der Waals surface area contributed by atoms with Gasteiger partial charge in [0.1, 0.15) is 5.82 Å². The fraction of sp³-hybridized carbons (Fsp3) is 0.133. The topological polar surface area (TPSA) is 20.3 Å². The quantitative estimate of drug-likeness (QED) is 0.735. The van der Waals surface area contributed by atoms with Crippen molar-refractivity contribution in [2.24, 2.45) is 0 Å². The maximum Gasteiger partial charge on any atom is 0.256 e. The van der Waals surface area contributed by atoms with Crippen LogP contribution < -0.4 is 0 Å². The number of rotatable bonds is 3. The second-order valence-corrected chi connectivity index (χ2v) is 6.25. The van der Waals surface area contributed by atoms with Crippen molar-refractivity contribution < 1.29 is 9.18 Å². The summed E-state index contributed by atoms with van der Waals surface area (Å²) in [4.78, 5) is 13.7. The highest BCUT2D eigenvalue weighted by Gasteiger charge is 2.16. The van der Waals surface area contributed by atoms with Crippen LogP contribution in [-0.2, 0) is 6.54 Å². The van der Waals surface area contributed by atoms with Crippen LogP contribution in [0.1, 0.15) is 15.9 Å². The Labute approximate surface area is 133 Å². The van der Waals surface area contributed by atoms with Crippen LogP contribution in [0.25, 0.3) is 0 Å². The molecule has 2 aromatic rings. The van der Waals surface area contributed by atoms with Crippen molar-refractivity contribution in [2.75, 3.05) is 7.05 Å². The van der Waals surface area contributed by atoms with Gasteiger partial charge in [-0.1, -0.05) is 44.0 Å². The van der Waals surface area contributed by atoms with Crippen LogP contribution in [0.5, 0.6) is 0 Å². The lowest BCUT2D eigenvalue weighted by Crippen LogP contribution is -2.27. The van der Waals surface area contributed by atoms with Crippen LogP contribution in [0.4, 0.5) is 4.39 Å². The highest BCUT2D eigenvalue weighted by Crippen LogP contribution is 2.18. The lowest BCUT2D eigenvalue weighted by Gasteiger charge is -2.18. The first-order chi connectivity index (χ1) is 9.47. The number of halogens is 3. The Morgan fingerprint density at radius 2 is 1.85 bits per heavy atom. The van der Waals surface area contributed by atoms with E-state index >= 15 is 0 Å². The molecule has 0 aliphatic carbocycles. The SMILES string of the molecule is CN(Cc1cccc(Br)c1)C(=O)c1ccc(Br)cc1F. The summed E-state index contributed by atoms with van der Waals surface area (Å²) in [5.41, 5.74) is 1.05. The molecule has 0 bridgehead atoms. The average Bonchev–Trinajstić information content (AvgIpc) is 2.38. The highest BCUT2D eigenvalue weighted by molar-refractivity contribution is 9.10. The molecule has 104 valence electrons. The van der Waals surface area contributed by atoms with Gasteiger partial charge >= 0.3 is 0 Å². The molecule has 1 amide bonds. The molecule has 20 heavy (non-hydrogen) atoms. The summed E-state index contributed by atoms with van der Waals surface area (Å²) in [5, 5.41) is 0. The number of hydrogen-bond donors (Lipinski definition) is 0. The lowest BCUT2D eigenvalue weighted by molar-refractivity contribution is 0.0780. The molecule has 5 heteroatoms. The van der Waals surface area contributed by atoms with Gasteiger partial charge in [0.15, 0.2) is 0 Å². The second-order valence-electron chi connectivity index (χ2n) is 4.42. The molecule has 0 fully saturated rings. The van der Waals surface area contributed by atoms with Crippen LogP contribution in [0.2, 0.25) is 0 Å². The first-order valence-electron chi connectivity index (χ1n) is 5.92. The second kappa shape index (κ2) is 6.50. The van der Waals surface area contributed by atoms with Gasteiger partial charge in [-0.25, -0.2) is 4.39 Å². The zero-order chi connectivity index (χ0) is 14.7. The molecular weight excluding hydrogens is 389 g/mol. The van der Waals surface area contributed by atoms with Gasteiger partial charge in [-0.15, -0.1) is 0 Å². The molecule has 0 radical (unpaired) electrons. The van der Waals surface area contributed by atoms with E-state index in [0.717, 1.165) is 10.0 Å². The molecule has 0 aromatic heterocycles. The van der Waals surface area contributed by atoms with Gasteiger partial charge in [0.05, 0.1) is 5.56 Å². The Morgan fingerprint density at radius 3 is 2.50 bits per heavy atom. The van der Waals surface area contributed by atoms with E-state index in [4.69, 9.17) is 0 Å². The van der Waals surface area contributed by atoms with Gasteiger partial charge in [0, 0.05) is 22.5 Å². The standard InChI is InChI=1S/C15H12Br2FNO/c1-19(9-10-3-2-4-11(16)7-10)15(20)13-6-5-12(17)8-14(13)18/h2-8H,9H2,1H3. The lowest BCUT2D eigenvalue weighted by atomic mass is 10.1. The minimum Gasteiger partial charge on any atom is -0.337 e. The zero-order valence-electron chi connectivity index (χ0n) is 10.7. The van der Waals surface area contributed by atoms with E-state index in [1.807, 2.05) is 24.3 Å². The molecule has 0 aliphatic rings. The minimum atomic E-state index is -0.523. The summed E-state index contributed by atoms with van der Waals surface area (Å²) in [6, 6.07) is 12.1. The van der Waals surface area contributed by atoms with Crippen LogP contribution >= 0.6 is 31.9 Å². The molecule has 2 rings (SSSR count). The smallest absolute Gasteiger partial charge is 0.256 e. The largest absolute Gasteiger partial charge is 0.337 e. The van der Waals surface area contributed by atoms with Gasteiger partial charge in [-0.3, -0.25) is 4.79 Å². The van der Waals surface area contributed by atoms with Crippen molar-refractivity contribution in [3.63, 3.8) is 0 Å². The summed E-state index contributed by atoms with van der Waals surface area (Å²) < 4.78 is 15.3. The monoisotopic (exact) mass is 399 g/mol. The molecular formula is C15H12Br2FNO. The molecule has 0 saturated carbocycles. The van der Waals surface area contributed by atoms with Gasteiger partial charge in [0.2, 0.25) is 0 Å². The number of carbonyl (C=O) groups excluding carboxylic acids is 1. The molecule has 0 spiro atoms. The Morgan fingerprint density at radius 1 is 1.15 bits per heavy atom. The third-order valence-electron chi connectivity index (χ3n) is 2.82. The molecule has 2 aromatic carbocycles. The summed E-state index contributed by atoms with van der Waals surface area (Å²) in [5.74, 6) is -0.861. The minimum absolute atomic E-state index is 0.0747. The predicted octanol–water partition coefficient (Wildman–Crippen LogP) is 4.62. The Kier molecular flexibility index (Phi) is 4.94. The van der Waals surface area contributed by atoms with Gasteiger partial charge in [-0.05, 0) is 35.9 Å². The number of benzene rings is 2. The predicted molar refractivity (Wildman–Crippen MR) is 84.0 cm³/mol. The highest BCUT2D eigenvalue weighted by atomic mass is 79.9. The maximum absolute atomic E-state index is 13.8.